The Balaban J connectivity index is 1.89. The van der Waals surface area contributed by atoms with Crippen LogP contribution in [0.3, 0.4) is 0 Å². The summed E-state index contributed by atoms with van der Waals surface area (Å²) in [7, 11) is 0. The van der Waals surface area contributed by atoms with Gasteiger partial charge in [-0.3, -0.25) is 14.4 Å². The number of carbonyl (C=O) groups excluding carboxylic acids is 3. The number of halogens is 1. The van der Waals surface area contributed by atoms with Gasteiger partial charge in [0.25, 0.3) is 0 Å². The Kier molecular flexibility index (Phi) is 7.91. The number of benzene rings is 2. The van der Waals surface area contributed by atoms with E-state index < -0.39 is 11.8 Å². The molecule has 0 saturated heterocycles. The van der Waals surface area contributed by atoms with Crippen LogP contribution < -0.4 is 16.1 Å². The maximum absolute atomic E-state index is 12.2. The molecule has 0 unspecified atom stereocenters. The maximum atomic E-state index is 12.2. The van der Waals surface area contributed by atoms with Crippen LogP contribution in [0.2, 0.25) is 5.02 Å². The Morgan fingerprint density at radius 2 is 1.66 bits per heavy atom. The van der Waals surface area contributed by atoms with Crippen molar-refractivity contribution in [3.63, 3.8) is 0 Å². The quantitative estimate of drug-likeness (QED) is 0.382. The maximum Gasteiger partial charge on any atom is 0.329 e. The van der Waals surface area contributed by atoms with Crippen LogP contribution in [0, 0.1) is 6.92 Å². The Morgan fingerprint density at radius 3 is 2.38 bits per heavy atom. The molecule has 3 amide bonds. The average molecular weight is 415 g/mol. The van der Waals surface area contributed by atoms with Crippen LogP contribution >= 0.6 is 11.6 Å². The molecule has 0 atom stereocenters. The van der Waals surface area contributed by atoms with Crippen LogP contribution in [0.5, 0.6) is 0 Å². The molecule has 2 rings (SSSR count). The van der Waals surface area contributed by atoms with Crippen molar-refractivity contribution in [3.05, 3.63) is 58.6 Å². The number of para-hydroxylation sites is 1. The van der Waals surface area contributed by atoms with Crippen molar-refractivity contribution in [3.8, 4) is 0 Å². The summed E-state index contributed by atoms with van der Waals surface area (Å²) in [6.45, 7) is 5.32. The van der Waals surface area contributed by atoms with Gasteiger partial charge in [-0.1, -0.05) is 42.8 Å². The molecule has 7 nitrogen and oxygen atoms in total. The molecule has 2 aromatic rings. The first-order valence-corrected chi connectivity index (χ1v) is 9.47. The second-order valence-electron chi connectivity index (χ2n) is 6.39. The largest absolute Gasteiger partial charge is 0.329 e. The molecule has 0 spiro atoms. The zero-order chi connectivity index (χ0) is 21.4. The van der Waals surface area contributed by atoms with Gasteiger partial charge in [0.2, 0.25) is 5.91 Å². The van der Waals surface area contributed by atoms with Crippen molar-refractivity contribution in [2.45, 2.75) is 33.6 Å². The fourth-order valence-corrected chi connectivity index (χ4v) is 2.71. The summed E-state index contributed by atoms with van der Waals surface area (Å²) in [5.74, 6) is -2.09. The summed E-state index contributed by atoms with van der Waals surface area (Å²) < 4.78 is 0. The van der Waals surface area contributed by atoms with Gasteiger partial charge in [-0.15, -0.1) is 0 Å². The average Bonchev–Trinajstić information content (AvgIpc) is 2.69. The number of rotatable bonds is 6. The second-order valence-corrected chi connectivity index (χ2v) is 6.80. The van der Waals surface area contributed by atoms with Gasteiger partial charge in [-0.05, 0) is 49.6 Å². The molecule has 0 aliphatic rings. The van der Waals surface area contributed by atoms with E-state index in [1.54, 1.807) is 32.0 Å². The molecule has 3 N–H and O–H groups in total. The molecule has 8 heteroatoms. The Labute approximate surface area is 174 Å². The highest BCUT2D eigenvalue weighted by molar-refractivity contribution is 6.40. The van der Waals surface area contributed by atoms with Crippen molar-refractivity contribution in [1.29, 1.82) is 0 Å². The molecule has 0 aliphatic carbocycles. The molecule has 0 fully saturated rings. The molecule has 0 radical (unpaired) electrons. The number of aryl methyl sites for hydroxylation is 1. The summed E-state index contributed by atoms with van der Waals surface area (Å²) in [5.41, 5.74) is 5.37. The van der Waals surface area contributed by atoms with Gasteiger partial charge >= 0.3 is 11.8 Å². The molecule has 152 valence electrons. The first-order chi connectivity index (χ1) is 13.8. The number of hydrogen-bond donors (Lipinski definition) is 3. The van der Waals surface area contributed by atoms with E-state index >= 15 is 0 Å². The van der Waals surface area contributed by atoms with Gasteiger partial charge in [0.15, 0.2) is 0 Å². The summed E-state index contributed by atoms with van der Waals surface area (Å²) in [6, 6.07) is 12.5. The third-order valence-electron chi connectivity index (χ3n) is 4.16. The minimum atomic E-state index is -0.944. The van der Waals surface area contributed by atoms with E-state index in [0.29, 0.717) is 22.0 Å². The highest BCUT2D eigenvalue weighted by Crippen LogP contribution is 2.22. The van der Waals surface area contributed by atoms with E-state index in [-0.39, 0.29) is 12.3 Å². The van der Waals surface area contributed by atoms with E-state index in [9.17, 15) is 14.4 Å². The van der Waals surface area contributed by atoms with Crippen LogP contribution in [-0.2, 0) is 20.8 Å². The molecule has 0 bridgehead atoms. The zero-order valence-corrected chi connectivity index (χ0v) is 17.3. The monoisotopic (exact) mass is 414 g/mol. The predicted octanol–water partition coefficient (Wildman–Crippen LogP) is 3.67. The number of carbonyl (C=O) groups is 3. The second kappa shape index (κ2) is 10.4. The lowest BCUT2D eigenvalue weighted by Crippen LogP contribution is -2.33. The highest BCUT2D eigenvalue weighted by atomic mass is 35.5. The normalized spacial score (nSPS) is 11.0. The van der Waals surface area contributed by atoms with Crippen molar-refractivity contribution >= 4 is 46.4 Å². The molecule has 0 heterocycles. The smallest absolute Gasteiger partial charge is 0.326 e. The third-order valence-corrected chi connectivity index (χ3v) is 4.57. The number of hydrogen-bond acceptors (Lipinski definition) is 4. The molecule has 0 aliphatic heterocycles. The minimum absolute atomic E-state index is 0.0205. The van der Waals surface area contributed by atoms with Crippen LogP contribution in [0.15, 0.2) is 47.6 Å². The van der Waals surface area contributed by atoms with Crippen molar-refractivity contribution in [2.24, 2.45) is 5.10 Å². The van der Waals surface area contributed by atoms with Crippen LogP contribution in [-0.4, -0.2) is 23.4 Å². The fraction of sp³-hybridized carbons (Fsp3) is 0.238. The van der Waals surface area contributed by atoms with Crippen molar-refractivity contribution in [2.75, 3.05) is 10.6 Å². The Bertz CT molecular complexity index is 957. The highest BCUT2D eigenvalue weighted by Gasteiger charge is 2.15. The molecular formula is C21H23ClN4O3. The van der Waals surface area contributed by atoms with Gasteiger partial charge in [-0.2, -0.15) is 5.10 Å². The summed E-state index contributed by atoms with van der Waals surface area (Å²) >= 11 is 5.99. The number of amides is 3. The van der Waals surface area contributed by atoms with Gasteiger partial charge < -0.3 is 10.6 Å². The van der Waals surface area contributed by atoms with Crippen LogP contribution in [0.25, 0.3) is 0 Å². The molecule has 0 aromatic heterocycles. The first-order valence-electron chi connectivity index (χ1n) is 9.09. The van der Waals surface area contributed by atoms with Gasteiger partial charge in [-0.25, -0.2) is 5.43 Å². The topological polar surface area (TPSA) is 99.7 Å². The number of nitrogens with zero attached hydrogens (tertiary/aromatic N) is 1. The van der Waals surface area contributed by atoms with E-state index in [4.69, 9.17) is 11.6 Å². The van der Waals surface area contributed by atoms with Crippen molar-refractivity contribution < 1.29 is 14.4 Å². The Morgan fingerprint density at radius 1 is 0.966 bits per heavy atom. The standard InChI is InChI=1S/C21H23ClN4O3/c1-4-15-8-5-6-10-18(15)23-19(27)12-13(2)25-26-21(29)20(28)24-17-11-7-9-16(22)14(17)3/h5-11H,4,12H2,1-3H3,(H,23,27)(H,24,28)(H,26,29)/b25-13-. The number of nitrogens with one attached hydrogen (secondary N) is 3. The third kappa shape index (κ3) is 6.43. The summed E-state index contributed by atoms with van der Waals surface area (Å²) in [6.07, 6.45) is 0.772. The summed E-state index contributed by atoms with van der Waals surface area (Å²) in [5, 5.41) is 9.60. The van der Waals surface area contributed by atoms with Gasteiger partial charge in [0, 0.05) is 22.1 Å². The molecule has 2 aromatic carbocycles. The van der Waals surface area contributed by atoms with E-state index in [2.05, 4.69) is 21.2 Å². The lowest BCUT2D eigenvalue weighted by Gasteiger charge is -2.10. The van der Waals surface area contributed by atoms with Gasteiger partial charge in [0.05, 0.1) is 6.42 Å². The number of hydrazone groups is 1. The minimum Gasteiger partial charge on any atom is -0.326 e. The van der Waals surface area contributed by atoms with E-state index in [1.807, 2.05) is 31.2 Å². The predicted molar refractivity (Wildman–Crippen MR) is 115 cm³/mol. The van der Waals surface area contributed by atoms with E-state index in [0.717, 1.165) is 17.7 Å². The Hall–Kier alpha value is -3.19. The molecule has 29 heavy (non-hydrogen) atoms. The lowest BCUT2D eigenvalue weighted by atomic mass is 10.1. The van der Waals surface area contributed by atoms with E-state index in [1.165, 1.54) is 0 Å². The van der Waals surface area contributed by atoms with Gasteiger partial charge in [0.1, 0.15) is 0 Å². The summed E-state index contributed by atoms with van der Waals surface area (Å²) in [4.78, 5) is 36.1. The number of anilines is 2. The zero-order valence-electron chi connectivity index (χ0n) is 16.5. The molecule has 0 saturated carbocycles. The first kappa shape index (κ1) is 22.1. The SMILES string of the molecule is CCc1ccccc1NC(=O)C/C(C)=N\NC(=O)C(=O)Nc1cccc(Cl)c1C. The van der Waals surface area contributed by atoms with Crippen LogP contribution in [0.1, 0.15) is 31.4 Å². The lowest BCUT2D eigenvalue weighted by molar-refractivity contribution is -0.136. The van der Waals surface area contributed by atoms with Crippen molar-refractivity contribution in [1.82, 2.24) is 5.43 Å². The molecular weight excluding hydrogens is 392 g/mol. The van der Waals surface area contributed by atoms with Crippen LogP contribution in [0.4, 0.5) is 11.4 Å². The fourth-order valence-electron chi connectivity index (χ4n) is 2.54.